The van der Waals surface area contributed by atoms with Gasteiger partial charge in [0.05, 0.1) is 17.2 Å². The smallest absolute Gasteiger partial charge is 0.290 e. The van der Waals surface area contributed by atoms with Crippen molar-refractivity contribution >= 4 is 33.0 Å². The molecule has 0 saturated carbocycles. The molecule has 2 aliphatic heterocycles. The van der Waals surface area contributed by atoms with Crippen molar-refractivity contribution in [3.8, 4) is 22.6 Å². The van der Waals surface area contributed by atoms with Gasteiger partial charge in [0.15, 0.2) is 23.3 Å². The largest absolute Gasteiger partial charge is 0.455 e. The summed E-state index contributed by atoms with van der Waals surface area (Å²) in [7, 11) is 0. The van der Waals surface area contributed by atoms with Crippen LogP contribution in [0.2, 0.25) is 0 Å². The van der Waals surface area contributed by atoms with Crippen molar-refractivity contribution in [1.29, 1.82) is 0 Å². The van der Waals surface area contributed by atoms with Crippen LogP contribution in [0.25, 0.3) is 55.6 Å². The third kappa shape index (κ3) is 3.86. The lowest BCUT2D eigenvalue weighted by atomic mass is 9.58. The van der Waals surface area contributed by atoms with Crippen LogP contribution in [0.5, 0.6) is 0 Å². The van der Waals surface area contributed by atoms with E-state index in [-0.39, 0.29) is 17.0 Å². The Morgan fingerprint density at radius 1 is 0.837 bits per heavy atom. The molecule has 0 radical (unpaired) electrons. The molecule has 0 amide bonds. The molecule has 4 heteroatoms. The molecule has 2 aliphatic rings. The zero-order chi connectivity index (χ0) is 33.8. The first kappa shape index (κ1) is 30.4. The first-order valence-corrected chi connectivity index (χ1v) is 18.4. The summed E-state index contributed by atoms with van der Waals surface area (Å²) in [6.45, 7) is 16.6. The third-order valence-electron chi connectivity index (χ3n) is 12.8. The average molecular weight is 646 g/mol. The Bertz CT molecular complexity index is 2460. The van der Waals surface area contributed by atoms with E-state index in [0.29, 0.717) is 6.04 Å². The van der Waals surface area contributed by atoms with Crippen molar-refractivity contribution in [2.24, 2.45) is 0 Å². The van der Waals surface area contributed by atoms with Gasteiger partial charge >= 0.3 is 0 Å². The molecule has 4 aromatic carbocycles. The molecule has 4 nitrogen and oxygen atoms in total. The fourth-order valence-corrected chi connectivity index (χ4v) is 10.1. The number of fused-ring (bicyclic) bond motifs is 12. The second-order valence-electron chi connectivity index (χ2n) is 15.2. The van der Waals surface area contributed by atoms with Crippen molar-refractivity contribution in [3.63, 3.8) is 0 Å². The zero-order valence-electron chi connectivity index (χ0n) is 30.0. The molecular formula is C45H47N3O+2. The summed E-state index contributed by atoms with van der Waals surface area (Å²) in [5.74, 6) is 1.36. The number of aromatic nitrogens is 3. The number of imidazole rings is 1. The number of para-hydroxylation sites is 3. The highest BCUT2D eigenvalue weighted by molar-refractivity contribution is 6.10. The minimum absolute atomic E-state index is 0.0667. The van der Waals surface area contributed by atoms with Gasteiger partial charge in [-0.05, 0) is 88.4 Å². The van der Waals surface area contributed by atoms with E-state index in [1.54, 1.807) is 0 Å². The number of aryl methyl sites for hydroxylation is 2. The predicted octanol–water partition coefficient (Wildman–Crippen LogP) is 10.8. The van der Waals surface area contributed by atoms with Crippen molar-refractivity contribution < 1.29 is 13.6 Å². The number of nitrogens with zero attached hydrogens (tertiary/aromatic N) is 3. The Morgan fingerprint density at radius 3 is 2.39 bits per heavy atom. The molecule has 0 bridgehead atoms. The Morgan fingerprint density at radius 2 is 1.59 bits per heavy atom. The lowest BCUT2D eigenvalue weighted by Crippen LogP contribution is -2.56. The molecule has 0 fully saturated rings. The van der Waals surface area contributed by atoms with Gasteiger partial charge in [-0.15, -0.1) is 0 Å². The van der Waals surface area contributed by atoms with E-state index in [1.165, 1.54) is 66.7 Å². The Kier molecular flexibility index (Phi) is 6.60. The van der Waals surface area contributed by atoms with Crippen molar-refractivity contribution in [1.82, 2.24) is 4.57 Å². The van der Waals surface area contributed by atoms with Crippen molar-refractivity contribution in [2.75, 3.05) is 0 Å². The first-order chi connectivity index (χ1) is 23.7. The van der Waals surface area contributed by atoms with Crippen LogP contribution < -0.4 is 9.13 Å². The molecule has 3 aromatic heterocycles. The molecule has 0 N–H and O–H groups in total. The standard InChI is InChI=1S/C45H47N3O/c1-8-44(7)35-18-12-10-17-33(35)43-47(28(3)4)37-19-13-14-20-38(37)48(43)45(44,9-2)25-24-36-34-23-22-32-31-16-11-15-21-40(31)49-42(32)41(34)39-26-29(5)30(6)27-46(36)39/h10-23,26-28,36H,8-9,24-25H2,1-7H3/q+2. The fourth-order valence-electron chi connectivity index (χ4n) is 10.1. The van der Waals surface area contributed by atoms with E-state index in [0.717, 1.165) is 36.8 Å². The van der Waals surface area contributed by atoms with Crippen LogP contribution in [0, 0.1) is 13.8 Å². The van der Waals surface area contributed by atoms with Crippen LogP contribution >= 0.6 is 0 Å². The van der Waals surface area contributed by atoms with Gasteiger partial charge in [0, 0.05) is 39.8 Å². The van der Waals surface area contributed by atoms with Gasteiger partial charge in [0.1, 0.15) is 16.7 Å². The van der Waals surface area contributed by atoms with Gasteiger partial charge in [0.2, 0.25) is 5.69 Å². The Hall–Kier alpha value is -4.70. The van der Waals surface area contributed by atoms with E-state index < -0.39 is 0 Å². The molecule has 9 rings (SSSR count). The molecule has 49 heavy (non-hydrogen) atoms. The van der Waals surface area contributed by atoms with Crippen LogP contribution in [0.4, 0.5) is 0 Å². The third-order valence-corrected chi connectivity index (χ3v) is 12.8. The minimum atomic E-state index is -0.141. The summed E-state index contributed by atoms with van der Waals surface area (Å²) in [5.41, 5.74) is 13.9. The fraction of sp³-hybridized carbons (Fsp3) is 0.333. The quantitative estimate of drug-likeness (QED) is 0.165. The Labute approximate surface area is 289 Å². The summed E-state index contributed by atoms with van der Waals surface area (Å²) in [5, 5.41) is 2.39. The monoisotopic (exact) mass is 645 g/mol. The highest BCUT2D eigenvalue weighted by atomic mass is 16.3. The van der Waals surface area contributed by atoms with Crippen molar-refractivity contribution in [2.45, 2.75) is 97.2 Å². The molecule has 5 heterocycles. The summed E-state index contributed by atoms with van der Waals surface area (Å²) in [6.07, 6.45) is 6.59. The summed E-state index contributed by atoms with van der Waals surface area (Å²) >= 11 is 0. The first-order valence-electron chi connectivity index (χ1n) is 18.4. The van der Waals surface area contributed by atoms with Crippen molar-refractivity contribution in [3.05, 3.63) is 119 Å². The Balaban J connectivity index is 1.28. The molecule has 0 aliphatic carbocycles. The second kappa shape index (κ2) is 10.6. The predicted molar refractivity (Wildman–Crippen MR) is 200 cm³/mol. The van der Waals surface area contributed by atoms with E-state index >= 15 is 0 Å². The van der Waals surface area contributed by atoms with E-state index in [2.05, 4.69) is 159 Å². The van der Waals surface area contributed by atoms with Gasteiger partial charge in [-0.2, -0.15) is 4.57 Å². The maximum absolute atomic E-state index is 6.70. The van der Waals surface area contributed by atoms with Crippen LogP contribution in [0.3, 0.4) is 0 Å². The second-order valence-corrected chi connectivity index (χ2v) is 15.2. The molecule has 3 unspecified atom stereocenters. The minimum Gasteiger partial charge on any atom is -0.455 e. The number of rotatable bonds is 6. The van der Waals surface area contributed by atoms with Crippen LogP contribution in [0.1, 0.15) is 94.6 Å². The molecule has 3 atom stereocenters. The molecular weight excluding hydrogens is 599 g/mol. The summed E-state index contributed by atoms with van der Waals surface area (Å²) in [6, 6.07) is 34.5. The van der Waals surface area contributed by atoms with E-state index in [1.807, 2.05) is 0 Å². The number of furan rings is 1. The molecule has 0 saturated heterocycles. The van der Waals surface area contributed by atoms with Gasteiger partial charge in [0.25, 0.3) is 5.82 Å². The van der Waals surface area contributed by atoms with Gasteiger partial charge in [-0.25, -0.2) is 9.13 Å². The molecule has 246 valence electrons. The maximum atomic E-state index is 6.70. The van der Waals surface area contributed by atoms with Gasteiger partial charge in [-0.3, -0.25) is 0 Å². The number of pyridine rings is 1. The summed E-state index contributed by atoms with van der Waals surface area (Å²) in [4.78, 5) is 0. The normalized spacial score (nSPS) is 21.0. The topological polar surface area (TPSA) is 25.8 Å². The van der Waals surface area contributed by atoms with Crippen LogP contribution in [0.15, 0.2) is 102 Å². The lowest BCUT2D eigenvalue weighted by molar-refractivity contribution is -0.699. The number of hydrogen-bond acceptors (Lipinski definition) is 1. The van der Waals surface area contributed by atoms with E-state index in [9.17, 15) is 0 Å². The van der Waals surface area contributed by atoms with E-state index in [4.69, 9.17) is 4.42 Å². The highest BCUT2D eigenvalue weighted by Crippen LogP contribution is 2.57. The SMILES string of the molecule is CCC1(C)c2ccccc2-c2n(c3ccccc3[n+]2C(C)C)C1(CC)CCC1c2ccc3c(oc4ccccc43)c2-c2cc(C)c(C)c[n+]21. The van der Waals surface area contributed by atoms with Crippen LogP contribution in [-0.4, -0.2) is 4.57 Å². The number of hydrogen-bond donors (Lipinski definition) is 0. The van der Waals surface area contributed by atoms with Gasteiger partial charge < -0.3 is 4.42 Å². The zero-order valence-corrected chi connectivity index (χ0v) is 30.0. The highest BCUT2D eigenvalue weighted by Gasteiger charge is 2.59. The van der Waals surface area contributed by atoms with Crippen LogP contribution in [-0.2, 0) is 11.0 Å². The molecule has 7 aromatic rings. The summed E-state index contributed by atoms with van der Waals surface area (Å²) < 4.78 is 14.7. The maximum Gasteiger partial charge on any atom is 0.290 e. The van der Waals surface area contributed by atoms with Gasteiger partial charge in [-0.1, -0.05) is 75.4 Å². The number of benzene rings is 4. The average Bonchev–Trinajstić information content (AvgIpc) is 3.77. The lowest BCUT2D eigenvalue weighted by Gasteiger charge is -2.50. The molecule has 0 spiro atoms.